The maximum atomic E-state index is 12.8. The maximum absolute atomic E-state index is 12.8. The molecule has 9 heteroatoms. The average molecular weight is 806 g/mol. The van der Waals surface area contributed by atoms with E-state index in [2.05, 4.69) is 50.5 Å². The van der Waals surface area contributed by atoms with Crippen molar-refractivity contribution in [3.63, 3.8) is 0 Å². The molecule has 0 rings (SSSR count). The lowest BCUT2D eigenvalue weighted by atomic mass is 9.95. The number of likely N-dealkylation sites (N-methyl/N-ethyl adjacent to an activating group) is 1. The lowest BCUT2D eigenvalue weighted by Gasteiger charge is -2.24. The molecule has 0 aromatic rings. The minimum Gasteiger partial charge on any atom is -0.459 e. The Morgan fingerprint density at radius 3 is 1.75 bits per heavy atom. The molecule has 4 N–H and O–H groups in total. The number of hydrogen-bond acceptors (Lipinski definition) is 7. The SMILES string of the molecule is CCCCCCCCCCCCCN(C)CC(=O)OC(CCCCC)C(O)C/C=C/CC(=O)NCNC(=O)CCCCCCC/C=C/CC(O)C(C)CCCCC. The van der Waals surface area contributed by atoms with E-state index in [1.807, 2.05) is 11.9 Å². The molecule has 0 radical (unpaired) electrons. The molecular formula is C48H91N3O6. The summed E-state index contributed by atoms with van der Waals surface area (Å²) in [5.41, 5.74) is 0. The van der Waals surface area contributed by atoms with Crippen LogP contribution in [0.3, 0.4) is 0 Å². The number of amides is 2. The molecule has 4 atom stereocenters. The van der Waals surface area contributed by atoms with Gasteiger partial charge in [0.15, 0.2) is 0 Å². The van der Waals surface area contributed by atoms with Crippen molar-refractivity contribution in [1.82, 2.24) is 15.5 Å². The summed E-state index contributed by atoms with van der Waals surface area (Å²) in [5.74, 6) is -0.225. The molecule has 0 aliphatic carbocycles. The van der Waals surface area contributed by atoms with Crippen molar-refractivity contribution < 1.29 is 29.3 Å². The molecule has 334 valence electrons. The number of esters is 1. The van der Waals surface area contributed by atoms with Crippen LogP contribution < -0.4 is 10.6 Å². The largest absolute Gasteiger partial charge is 0.459 e. The van der Waals surface area contributed by atoms with Crippen LogP contribution in [0.2, 0.25) is 0 Å². The predicted octanol–water partition coefficient (Wildman–Crippen LogP) is 10.9. The third kappa shape index (κ3) is 36.6. The summed E-state index contributed by atoms with van der Waals surface area (Å²) in [6.45, 7) is 9.89. The third-order valence-corrected chi connectivity index (χ3v) is 11.0. The van der Waals surface area contributed by atoms with Crippen LogP contribution in [-0.4, -0.2) is 78.0 Å². The highest BCUT2D eigenvalue weighted by atomic mass is 16.6. The van der Waals surface area contributed by atoms with Crippen LogP contribution in [0.25, 0.3) is 0 Å². The summed E-state index contributed by atoms with van der Waals surface area (Å²) in [7, 11) is 1.95. The van der Waals surface area contributed by atoms with Gasteiger partial charge >= 0.3 is 5.97 Å². The molecule has 0 fully saturated rings. The van der Waals surface area contributed by atoms with Gasteiger partial charge in [-0.05, 0) is 77.3 Å². The van der Waals surface area contributed by atoms with Crippen molar-refractivity contribution in [2.45, 2.75) is 232 Å². The molecule has 2 amide bonds. The van der Waals surface area contributed by atoms with E-state index in [0.717, 1.165) is 83.6 Å². The number of nitrogens with zero attached hydrogens (tertiary/aromatic N) is 1. The fourth-order valence-electron chi connectivity index (χ4n) is 7.03. The van der Waals surface area contributed by atoms with Crippen LogP contribution in [0.1, 0.15) is 214 Å². The Bertz CT molecular complexity index is 1000. The second-order valence-corrected chi connectivity index (χ2v) is 16.7. The number of allylic oxidation sites excluding steroid dienone is 1. The molecule has 0 saturated carbocycles. The molecule has 0 bridgehead atoms. The Balaban J connectivity index is 4.13. The maximum Gasteiger partial charge on any atom is 0.320 e. The van der Waals surface area contributed by atoms with Gasteiger partial charge in [-0.3, -0.25) is 19.3 Å². The van der Waals surface area contributed by atoms with Gasteiger partial charge in [-0.25, -0.2) is 0 Å². The van der Waals surface area contributed by atoms with Gasteiger partial charge < -0.3 is 25.6 Å². The van der Waals surface area contributed by atoms with Crippen molar-refractivity contribution in [2.75, 3.05) is 26.8 Å². The van der Waals surface area contributed by atoms with Crippen molar-refractivity contribution >= 4 is 17.8 Å². The normalized spacial score (nSPS) is 14.0. The fraction of sp³-hybridized carbons (Fsp3) is 0.854. The van der Waals surface area contributed by atoms with Crippen LogP contribution in [0, 0.1) is 5.92 Å². The highest BCUT2D eigenvalue weighted by molar-refractivity contribution is 5.79. The van der Waals surface area contributed by atoms with E-state index in [9.17, 15) is 24.6 Å². The lowest BCUT2D eigenvalue weighted by Crippen LogP contribution is -2.36. The number of nitrogens with one attached hydrogen (secondary N) is 2. The Labute approximate surface area is 351 Å². The zero-order valence-electron chi connectivity index (χ0n) is 37.7. The monoisotopic (exact) mass is 806 g/mol. The van der Waals surface area contributed by atoms with Gasteiger partial charge in [0.1, 0.15) is 6.10 Å². The summed E-state index contributed by atoms with van der Waals surface area (Å²) in [6, 6.07) is 0. The summed E-state index contributed by atoms with van der Waals surface area (Å²) in [5, 5.41) is 26.7. The molecule has 0 aromatic heterocycles. The van der Waals surface area contributed by atoms with E-state index < -0.39 is 12.2 Å². The molecule has 0 aromatic carbocycles. The lowest BCUT2D eigenvalue weighted by molar-refractivity contribution is -0.156. The first-order valence-corrected chi connectivity index (χ1v) is 23.7. The highest BCUT2D eigenvalue weighted by Gasteiger charge is 2.23. The van der Waals surface area contributed by atoms with Crippen LogP contribution in [-0.2, 0) is 19.1 Å². The second kappa shape index (κ2) is 40.5. The van der Waals surface area contributed by atoms with E-state index >= 15 is 0 Å². The van der Waals surface area contributed by atoms with Gasteiger partial charge in [0.25, 0.3) is 0 Å². The number of aliphatic hydroxyl groups is 2. The standard InChI is InChI=1S/C48H91N3O6/c1-6-9-12-13-14-15-16-19-22-25-32-39-51(5)40-48(56)57-45(36-27-11-8-3)44(53)35-30-31-38-47(55)50-41-49-46(54)37-29-24-21-18-17-20-23-28-34-43(52)42(4)33-26-10-7-2/h23,28,30-31,42-45,52-53H,6-22,24-27,29,32-41H2,1-5H3,(H,49,54)(H,50,55)/b28-23+,31-30+. The predicted molar refractivity (Wildman–Crippen MR) is 239 cm³/mol. The smallest absolute Gasteiger partial charge is 0.320 e. The number of unbranched alkanes of at least 4 members (excludes halogenated alkanes) is 19. The number of ether oxygens (including phenoxy) is 1. The first-order valence-electron chi connectivity index (χ1n) is 23.7. The average Bonchev–Trinajstić information content (AvgIpc) is 3.18. The number of carbonyl (C=O) groups excluding carboxylic acids is 3. The second-order valence-electron chi connectivity index (χ2n) is 16.7. The van der Waals surface area contributed by atoms with Crippen molar-refractivity contribution in [3.8, 4) is 0 Å². The molecule has 0 aliphatic heterocycles. The van der Waals surface area contributed by atoms with Gasteiger partial charge in [0.2, 0.25) is 11.8 Å². The van der Waals surface area contributed by atoms with Gasteiger partial charge in [-0.1, -0.05) is 168 Å². The molecule has 0 spiro atoms. The zero-order chi connectivity index (χ0) is 42.2. The van der Waals surface area contributed by atoms with Crippen molar-refractivity contribution in [3.05, 3.63) is 24.3 Å². The third-order valence-electron chi connectivity index (χ3n) is 11.0. The number of aliphatic hydroxyl groups excluding tert-OH is 2. The number of hydrogen-bond donors (Lipinski definition) is 4. The van der Waals surface area contributed by atoms with Crippen LogP contribution >= 0.6 is 0 Å². The molecule has 4 unspecified atom stereocenters. The summed E-state index contributed by atoms with van der Waals surface area (Å²) in [6.07, 6.45) is 36.5. The summed E-state index contributed by atoms with van der Waals surface area (Å²) >= 11 is 0. The fourth-order valence-corrected chi connectivity index (χ4v) is 7.03. The van der Waals surface area contributed by atoms with E-state index in [1.165, 1.54) is 83.5 Å². The van der Waals surface area contributed by atoms with Gasteiger partial charge in [-0.2, -0.15) is 0 Å². The van der Waals surface area contributed by atoms with Crippen LogP contribution in [0.15, 0.2) is 24.3 Å². The Morgan fingerprint density at radius 2 is 1.11 bits per heavy atom. The quantitative estimate of drug-likeness (QED) is 0.0210. The first kappa shape index (κ1) is 54.8. The molecule has 0 saturated heterocycles. The summed E-state index contributed by atoms with van der Waals surface area (Å²) < 4.78 is 5.78. The minimum atomic E-state index is -0.836. The van der Waals surface area contributed by atoms with Crippen molar-refractivity contribution in [1.29, 1.82) is 0 Å². The molecule has 0 aliphatic rings. The van der Waals surface area contributed by atoms with Gasteiger partial charge in [-0.15, -0.1) is 0 Å². The summed E-state index contributed by atoms with van der Waals surface area (Å²) in [4.78, 5) is 39.3. The van der Waals surface area contributed by atoms with Crippen molar-refractivity contribution in [2.24, 2.45) is 5.92 Å². The van der Waals surface area contributed by atoms with Gasteiger partial charge in [0, 0.05) is 12.8 Å². The molecule has 57 heavy (non-hydrogen) atoms. The zero-order valence-corrected chi connectivity index (χ0v) is 37.7. The van der Waals surface area contributed by atoms with E-state index in [1.54, 1.807) is 12.2 Å². The van der Waals surface area contributed by atoms with Crippen LogP contribution in [0.5, 0.6) is 0 Å². The Morgan fingerprint density at radius 1 is 0.596 bits per heavy atom. The highest BCUT2D eigenvalue weighted by Crippen LogP contribution is 2.18. The first-order chi connectivity index (χ1) is 27.6. The van der Waals surface area contributed by atoms with Crippen LogP contribution in [0.4, 0.5) is 0 Å². The Kier molecular flexibility index (Phi) is 39.0. The van der Waals surface area contributed by atoms with E-state index in [0.29, 0.717) is 25.2 Å². The van der Waals surface area contributed by atoms with E-state index in [-0.39, 0.29) is 43.5 Å². The number of rotatable bonds is 41. The molecular weight excluding hydrogens is 715 g/mol. The molecule has 0 heterocycles. The minimum absolute atomic E-state index is 0.0664. The Hall–Kier alpha value is -2.23. The van der Waals surface area contributed by atoms with Gasteiger partial charge in [0.05, 0.1) is 25.4 Å². The number of carbonyl (C=O) groups is 3. The molecule has 9 nitrogen and oxygen atoms in total. The van der Waals surface area contributed by atoms with E-state index in [4.69, 9.17) is 4.74 Å². The topological polar surface area (TPSA) is 128 Å².